The standard InChI is InChI=1S/C29H30F2N2/c30-26-12-8-24(9-13-26)29(25-10-14-27(31)15-11-25)33-20-18-32(19-21-33)17-16-23-6-3-5-22-4-1-2-7-28(22)23/h1-2,4,7-16,29H,3,5-6,17-21H2. The van der Waals surface area contributed by atoms with E-state index >= 15 is 0 Å². The zero-order chi connectivity index (χ0) is 22.6. The van der Waals surface area contributed by atoms with Gasteiger partial charge in [-0.15, -0.1) is 0 Å². The van der Waals surface area contributed by atoms with Crippen molar-refractivity contribution in [1.29, 1.82) is 0 Å². The first-order valence-electron chi connectivity index (χ1n) is 11.9. The lowest BCUT2D eigenvalue weighted by atomic mass is 9.87. The van der Waals surface area contributed by atoms with Crippen LogP contribution in [-0.4, -0.2) is 42.5 Å². The Bertz CT molecular complexity index is 1050. The number of aryl methyl sites for hydroxylation is 1. The molecule has 170 valence electrons. The van der Waals surface area contributed by atoms with Crippen molar-refractivity contribution >= 4 is 5.57 Å². The zero-order valence-electron chi connectivity index (χ0n) is 18.9. The number of benzene rings is 3. The molecule has 0 unspecified atom stereocenters. The highest BCUT2D eigenvalue weighted by atomic mass is 19.1. The van der Waals surface area contributed by atoms with Crippen LogP contribution in [0.5, 0.6) is 0 Å². The molecule has 0 spiro atoms. The number of nitrogens with zero attached hydrogens (tertiary/aromatic N) is 2. The number of halogens is 2. The maximum absolute atomic E-state index is 13.6. The second-order valence-corrected chi connectivity index (χ2v) is 9.08. The van der Waals surface area contributed by atoms with E-state index in [-0.39, 0.29) is 17.7 Å². The fourth-order valence-electron chi connectivity index (χ4n) is 5.22. The molecule has 2 nitrogen and oxygen atoms in total. The molecule has 0 atom stereocenters. The molecule has 5 rings (SSSR count). The zero-order valence-corrected chi connectivity index (χ0v) is 18.9. The van der Waals surface area contributed by atoms with E-state index in [1.165, 1.54) is 53.8 Å². The predicted molar refractivity (Wildman–Crippen MR) is 130 cm³/mol. The Labute approximate surface area is 195 Å². The van der Waals surface area contributed by atoms with Gasteiger partial charge in [0, 0.05) is 32.7 Å². The summed E-state index contributed by atoms with van der Waals surface area (Å²) in [6, 6.07) is 22.2. The smallest absolute Gasteiger partial charge is 0.123 e. The second kappa shape index (κ2) is 9.98. The minimum atomic E-state index is -0.237. The highest BCUT2D eigenvalue weighted by molar-refractivity contribution is 5.70. The number of allylic oxidation sites excluding steroid dienone is 1. The van der Waals surface area contributed by atoms with Crippen molar-refractivity contribution in [2.75, 3.05) is 32.7 Å². The van der Waals surface area contributed by atoms with Gasteiger partial charge in [-0.05, 0) is 71.4 Å². The average molecular weight is 445 g/mol. The molecule has 0 bridgehead atoms. The molecule has 33 heavy (non-hydrogen) atoms. The van der Waals surface area contributed by atoms with Gasteiger partial charge in [-0.3, -0.25) is 9.80 Å². The lowest BCUT2D eigenvalue weighted by molar-refractivity contribution is 0.117. The van der Waals surface area contributed by atoms with E-state index in [0.29, 0.717) is 0 Å². The van der Waals surface area contributed by atoms with Crippen LogP contribution in [0, 0.1) is 11.6 Å². The molecule has 0 N–H and O–H groups in total. The van der Waals surface area contributed by atoms with Gasteiger partial charge in [0.2, 0.25) is 0 Å². The number of hydrogen-bond acceptors (Lipinski definition) is 2. The van der Waals surface area contributed by atoms with Gasteiger partial charge in [0.05, 0.1) is 6.04 Å². The third-order valence-electron chi connectivity index (χ3n) is 6.99. The van der Waals surface area contributed by atoms with Crippen LogP contribution in [0.15, 0.2) is 78.9 Å². The van der Waals surface area contributed by atoms with Crippen LogP contribution in [0.1, 0.15) is 41.1 Å². The summed E-state index contributed by atoms with van der Waals surface area (Å²) in [5, 5.41) is 0. The minimum Gasteiger partial charge on any atom is -0.297 e. The fourth-order valence-corrected chi connectivity index (χ4v) is 5.22. The molecule has 4 heteroatoms. The van der Waals surface area contributed by atoms with E-state index in [4.69, 9.17) is 0 Å². The van der Waals surface area contributed by atoms with Crippen LogP contribution in [0.25, 0.3) is 5.57 Å². The molecule has 1 fully saturated rings. The summed E-state index contributed by atoms with van der Waals surface area (Å²) in [7, 11) is 0. The molecule has 1 aliphatic carbocycles. The van der Waals surface area contributed by atoms with Crippen LogP contribution in [0.2, 0.25) is 0 Å². The quantitative estimate of drug-likeness (QED) is 0.470. The Hall–Kier alpha value is -2.82. The second-order valence-electron chi connectivity index (χ2n) is 9.08. The SMILES string of the molecule is Fc1ccc(C(c2ccc(F)cc2)N2CCN(CC=C3CCCc4ccccc43)CC2)cc1. The summed E-state index contributed by atoms with van der Waals surface area (Å²) in [4.78, 5) is 4.94. The van der Waals surface area contributed by atoms with Gasteiger partial charge < -0.3 is 0 Å². The van der Waals surface area contributed by atoms with Gasteiger partial charge >= 0.3 is 0 Å². The molecule has 3 aromatic rings. The molecule has 0 saturated carbocycles. The van der Waals surface area contributed by atoms with Crippen molar-refractivity contribution in [1.82, 2.24) is 9.80 Å². The van der Waals surface area contributed by atoms with Crippen LogP contribution in [0.3, 0.4) is 0 Å². The van der Waals surface area contributed by atoms with E-state index in [2.05, 4.69) is 40.1 Å². The first-order chi connectivity index (χ1) is 16.2. The normalized spacial score (nSPS) is 18.6. The first-order valence-corrected chi connectivity index (χ1v) is 11.9. The molecule has 1 aliphatic heterocycles. The van der Waals surface area contributed by atoms with Crippen molar-refractivity contribution in [2.24, 2.45) is 0 Å². The van der Waals surface area contributed by atoms with Crippen molar-refractivity contribution in [3.8, 4) is 0 Å². The molecule has 1 heterocycles. The average Bonchev–Trinajstić information content (AvgIpc) is 2.86. The molecule has 3 aromatic carbocycles. The molecule has 0 aromatic heterocycles. The van der Waals surface area contributed by atoms with E-state index in [1.807, 2.05) is 24.3 Å². The summed E-state index contributed by atoms with van der Waals surface area (Å²) < 4.78 is 27.1. The summed E-state index contributed by atoms with van der Waals surface area (Å²) in [5.74, 6) is -0.475. The Morgan fingerprint density at radius 1 is 0.727 bits per heavy atom. The van der Waals surface area contributed by atoms with E-state index in [1.54, 1.807) is 0 Å². The largest absolute Gasteiger partial charge is 0.297 e. The Kier molecular flexibility index (Phi) is 6.65. The molecule has 0 amide bonds. The minimum absolute atomic E-state index is 0.00285. The highest BCUT2D eigenvalue weighted by Crippen LogP contribution is 2.32. The van der Waals surface area contributed by atoms with Crippen molar-refractivity contribution in [2.45, 2.75) is 25.3 Å². The third kappa shape index (κ3) is 5.07. The number of hydrogen-bond donors (Lipinski definition) is 0. The monoisotopic (exact) mass is 444 g/mol. The molecule has 2 aliphatic rings. The van der Waals surface area contributed by atoms with Crippen molar-refractivity contribution in [3.63, 3.8) is 0 Å². The van der Waals surface area contributed by atoms with Crippen LogP contribution in [0.4, 0.5) is 8.78 Å². The fraction of sp³-hybridized carbons (Fsp3) is 0.310. The molecular weight excluding hydrogens is 414 g/mol. The van der Waals surface area contributed by atoms with E-state index < -0.39 is 0 Å². The number of rotatable bonds is 5. The topological polar surface area (TPSA) is 6.48 Å². The summed E-state index contributed by atoms with van der Waals surface area (Å²) in [6.07, 6.45) is 5.99. The lowest BCUT2D eigenvalue weighted by Crippen LogP contribution is -2.47. The van der Waals surface area contributed by atoms with Gasteiger partial charge in [0.15, 0.2) is 0 Å². The molecule has 0 radical (unpaired) electrons. The van der Waals surface area contributed by atoms with Crippen molar-refractivity contribution in [3.05, 3.63) is 113 Å². The van der Waals surface area contributed by atoms with Crippen LogP contribution < -0.4 is 0 Å². The summed E-state index contributed by atoms with van der Waals surface area (Å²) >= 11 is 0. The summed E-state index contributed by atoms with van der Waals surface area (Å²) in [5.41, 5.74) is 6.46. The van der Waals surface area contributed by atoms with Crippen LogP contribution >= 0.6 is 0 Å². The van der Waals surface area contributed by atoms with E-state index in [9.17, 15) is 8.78 Å². The third-order valence-corrected chi connectivity index (χ3v) is 6.99. The van der Waals surface area contributed by atoms with Crippen LogP contribution in [-0.2, 0) is 6.42 Å². The number of piperazine rings is 1. The van der Waals surface area contributed by atoms with Gasteiger partial charge in [0.1, 0.15) is 11.6 Å². The van der Waals surface area contributed by atoms with Gasteiger partial charge in [0.25, 0.3) is 0 Å². The van der Waals surface area contributed by atoms with Gasteiger partial charge in [-0.1, -0.05) is 54.6 Å². The Balaban J connectivity index is 1.28. The molecular formula is C29H30F2N2. The Morgan fingerprint density at radius 3 is 1.97 bits per heavy atom. The lowest BCUT2D eigenvalue weighted by Gasteiger charge is -2.39. The number of fused-ring (bicyclic) bond motifs is 1. The maximum Gasteiger partial charge on any atom is 0.123 e. The molecule has 1 saturated heterocycles. The Morgan fingerprint density at radius 2 is 1.33 bits per heavy atom. The van der Waals surface area contributed by atoms with E-state index in [0.717, 1.165) is 50.3 Å². The predicted octanol–water partition coefficient (Wildman–Crippen LogP) is 6.09. The highest BCUT2D eigenvalue weighted by Gasteiger charge is 2.26. The van der Waals surface area contributed by atoms with Crippen molar-refractivity contribution < 1.29 is 8.78 Å². The van der Waals surface area contributed by atoms with Gasteiger partial charge in [-0.2, -0.15) is 0 Å². The summed E-state index contributed by atoms with van der Waals surface area (Å²) in [6.45, 7) is 4.75. The van der Waals surface area contributed by atoms with Gasteiger partial charge in [-0.25, -0.2) is 8.78 Å². The maximum atomic E-state index is 13.6. The first kappa shape index (κ1) is 22.0.